The van der Waals surface area contributed by atoms with Crippen LogP contribution in [-0.2, 0) is 37.4 Å². The predicted molar refractivity (Wildman–Crippen MR) is 183 cm³/mol. The van der Waals surface area contributed by atoms with Gasteiger partial charge in [0.25, 0.3) is 5.91 Å². The summed E-state index contributed by atoms with van der Waals surface area (Å²) in [6.07, 6.45) is 0.189. The minimum Gasteiger partial charge on any atom is -0.480 e. The molecule has 0 bridgehead atoms. The number of carbonyl (C=O) groups excluding carboxylic acids is 2. The number of aryl methyl sites for hydroxylation is 1. The SMILES string of the molecule is Cc1ccc(S(=O)(=O)N2CCCC2C(O)C(=O)N[C@@H](Cc2ccc(N(CC3CCNCC3)C(=O)OCc3ccccc3)cc2)C(=O)O)cc1. The maximum Gasteiger partial charge on any atom is 0.414 e. The second-order valence-corrected chi connectivity index (χ2v) is 14.6. The van der Waals surface area contributed by atoms with Gasteiger partial charge in [-0.05, 0) is 87.0 Å². The van der Waals surface area contributed by atoms with Crippen molar-refractivity contribution in [3.8, 4) is 0 Å². The van der Waals surface area contributed by atoms with Gasteiger partial charge in [0, 0.05) is 25.2 Å². The molecule has 4 N–H and O–H groups in total. The van der Waals surface area contributed by atoms with Gasteiger partial charge in [-0.2, -0.15) is 4.31 Å². The molecule has 2 aliphatic rings. The van der Waals surface area contributed by atoms with E-state index in [1.165, 1.54) is 12.1 Å². The third-order valence-electron chi connectivity index (χ3n) is 9.14. The molecule has 0 spiro atoms. The summed E-state index contributed by atoms with van der Waals surface area (Å²) >= 11 is 0. The van der Waals surface area contributed by atoms with Gasteiger partial charge in [-0.3, -0.25) is 9.69 Å². The number of carboxylic acid groups (broad SMARTS) is 1. The minimum absolute atomic E-state index is 0.0586. The monoisotopic (exact) mass is 692 g/mol. The van der Waals surface area contributed by atoms with Crippen LogP contribution in [0.25, 0.3) is 0 Å². The largest absolute Gasteiger partial charge is 0.480 e. The molecule has 3 aromatic carbocycles. The average Bonchev–Trinajstić information content (AvgIpc) is 3.62. The van der Waals surface area contributed by atoms with Crippen molar-refractivity contribution in [2.24, 2.45) is 5.92 Å². The van der Waals surface area contributed by atoms with E-state index >= 15 is 0 Å². The fourth-order valence-electron chi connectivity index (χ4n) is 6.31. The van der Waals surface area contributed by atoms with Crippen LogP contribution in [0.1, 0.15) is 42.4 Å². The molecule has 2 amide bonds. The molecule has 2 aliphatic heterocycles. The molecule has 2 saturated heterocycles. The lowest BCUT2D eigenvalue weighted by Gasteiger charge is -2.30. The second kappa shape index (κ2) is 16.4. The van der Waals surface area contributed by atoms with Crippen LogP contribution in [-0.4, -0.2) is 85.3 Å². The van der Waals surface area contributed by atoms with Gasteiger partial charge in [-0.25, -0.2) is 18.0 Å². The first kappa shape index (κ1) is 36.0. The molecule has 12 nitrogen and oxygen atoms in total. The summed E-state index contributed by atoms with van der Waals surface area (Å²) in [6.45, 7) is 4.31. The van der Waals surface area contributed by atoms with E-state index in [0.717, 1.165) is 41.4 Å². The van der Waals surface area contributed by atoms with Crippen LogP contribution in [0.3, 0.4) is 0 Å². The molecule has 0 aromatic heterocycles. The molecular weight excluding hydrogens is 648 g/mol. The highest BCUT2D eigenvalue weighted by molar-refractivity contribution is 7.89. The third kappa shape index (κ3) is 9.24. The van der Waals surface area contributed by atoms with Crippen LogP contribution in [0.4, 0.5) is 10.5 Å². The van der Waals surface area contributed by atoms with Gasteiger partial charge >= 0.3 is 12.1 Å². The number of rotatable bonds is 13. The van der Waals surface area contributed by atoms with Crippen LogP contribution in [0.5, 0.6) is 0 Å². The number of anilines is 1. The molecule has 2 fully saturated rings. The van der Waals surface area contributed by atoms with Crippen LogP contribution in [0.2, 0.25) is 0 Å². The van der Waals surface area contributed by atoms with Gasteiger partial charge in [0.2, 0.25) is 10.0 Å². The lowest BCUT2D eigenvalue weighted by Crippen LogP contribution is -2.53. The van der Waals surface area contributed by atoms with Crippen LogP contribution >= 0.6 is 0 Å². The number of benzene rings is 3. The number of sulfonamides is 1. The topological polar surface area (TPSA) is 166 Å². The standard InChI is InChI=1S/C36H44N4O8S/c1-25-9-15-30(16-10-25)49(46,47)40-21-5-8-32(40)33(41)34(42)38-31(35(43)44)22-26-11-13-29(14-12-26)39(23-27-17-19-37-20-18-27)36(45)48-24-28-6-3-2-4-7-28/h2-4,6-7,9-16,27,31-33,37,41H,5,8,17-24H2,1H3,(H,38,42)(H,43,44)/t31-,32?,33?/m0/s1. The van der Waals surface area contributed by atoms with E-state index in [4.69, 9.17) is 4.74 Å². The Hall–Kier alpha value is -4.30. The summed E-state index contributed by atoms with van der Waals surface area (Å²) in [5.74, 6) is -1.99. The Kier molecular flexibility index (Phi) is 12.0. The van der Waals surface area contributed by atoms with Crippen molar-refractivity contribution in [1.29, 1.82) is 0 Å². The van der Waals surface area contributed by atoms with Crippen molar-refractivity contribution >= 4 is 33.7 Å². The van der Waals surface area contributed by atoms with Crippen molar-refractivity contribution in [2.45, 2.75) is 68.7 Å². The maximum absolute atomic E-state index is 13.3. The first-order valence-corrected chi connectivity index (χ1v) is 18.0. The van der Waals surface area contributed by atoms with Crippen molar-refractivity contribution < 1.29 is 37.8 Å². The molecule has 2 unspecified atom stereocenters. The highest BCUT2D eigenvalue weighted by Crippen LogP contribution is 2.29. The molecule has 262 valence electrons. The zero-order valence-corrected chi connectivity index (χ0v) is 28.3. The molecule has 0 saturated carbocycles. The van der Waals surface area contributed by atoms with E-state index in [1.54, 1.807) is 41.3 Å². The summed E-state index contributed by atoms with van der Waals surface area (Å²) in [6, 6.07) is 20.1. The smallest absolute Gasteiger partial charge is 0.414 e. The fourth-order valence-corrected chi connectivity index (χ4v) is 8.01. The van der Waals surface area contributed by atoms with Gasteiger partial charge in [0.05, 0.1) is 10.9 Å². The van der Waals surface area contributed by atoms with E-state index in [2.05, 4.69) is 10.6 Å². The number of nitrogens with one attached hydrogen (secondary N) is 2. The number of hydrogen-bond donors (Lipinski definition) is 4. The highest BCUT2D eigenvalue weighted by Gasteiger charge is 2.42. The van der Waals surface area contributed by atoms with E-state index < -0.39 is 46.2 Å². The Morgan fingerprint density at radius 1 is 0.959 bits per heavy atom. The van der Waals surface area contributed by atoms with Crippen LogP contribution < -0.4 is 15.5 Å². The molecule has 13 heteroatoms. The molecule has 2 heterocycles. The maximum atomic E-state index is 13.3. The molecule has 49 heavy (non-hydrogen) atoms. The van der Waals surface area contributed by atoms with E-state index in [1.807, 2.05) is 37.3 Å². The molecular formula is C36H44N4O8S. The number of aliphatic hydroxyl groups is 1. The Balaban J connectivity index is 1.24. The Morgan fingerprint density at radius 2 is 1.63 bits per heavy atom. The predicted octanol–water partition coefficient (Wildman–Crippen LogP) is 3.46. The van der Waals surface area contributed by atoms with Crippen LogP contribution in [0, 0.1) is 12.8 Å². The highest BCUT2D eigenvalue weighted by atomic mass is 32.2. The molecule has 3 aromatic rings. The second-order valence-electron chi connectivity index (χ2n) is 12.7. The van der Waals surface area contributed by atoms with Gasteiger partial charge in [0.1, 0.15) is 18.8 Å². The number of amides is 2. The van der Waals surface area contributed by atoms with E-state index in [-0.39, 0.29) is 36.8 Å². The van der Waals surface area contributed by atoms with Gasteiger partial charge in [0.15, 0.2) is 0 Å². The van der Waals surface area contributed by atoms with Gasteiger partial charge < -0.3 is 25.6 Å². The summed E-state index contributed by atoms with van der Waals surface area (Å²) in [5.41, 5.74) is 2.94. The summed E-state index contributed by atoms with van der Waals surface area (Å²) in [4.78, 5) is 40.3. The Labute approximate surface area is 287 Å². The molecule has 3 atom stereocenters. The third-order valence-corrected chi connectivity index (χ3v) is 11.1. The van der Waals surface area contributed by atoms with Crippen molar-refractivity contribution in [2.75, 3.05) is 31.1 Å². The van der Waals surface area contributed by atoms with Crippen LogP contribution in [0.15, 0.2) is 83.8 Å². The molecule has 5 rings (SSSR count). The number of aliphatic carboxylic acids is 1. The quantitative estimate of drug-likeness (QED) is 0.210. The first-order valence-electron chi connectivity index (χ1n) is 16.6. The molecule has 0 radical (unpaired) electrons. The molecule has 0 aliphatic carbocycles. The Bertz CT molecular complexity index is 1680. The first-order chi connectivity index (χ1) is 23.5. The number of aliphatic hydroxyl groups excluding tert-OH is 1. The van der Waals surface area contributed by atoms with E-state index in [0.29, 0.717) is 24.2 Å². The Morgan fingerprint density at radius 3 is 2.29 bits per heavy atom. The zero-order chi connectivity index (χ0) is 35.0. The van der Waals surface area contributed by atoms with E-state index in [9.17, 15) is 33.0 Å². The lowest BCUT2D eigenvalue weighted by atomic mass is 9.97. The number of carboxylic acids is 1. The zero-order valence-electron chi connectivity index (χ0n) is 27.5. The summed E-state index contributed by atoms with van der Waals surface area (Å²) < 4.78 is 33.5. The summed E-state index contributed by atoms with van der Waals surface area (Å²) in [7, 11) is -3.98. The number of hydrogen-bond acceptors (Lipinski definition) is 8. The van der Waals surface area contributed by atoms with Gasteiger partial charge in [-0.15, -0.1) is 0 Å². The summed E-state index contributed by atoms with van der Waals surface area (Å²) in [5, 5.41) is 26.7. The number of nitrogens with zero attached hydrogens (tertiary/aromatic N) is 2. The normalized spacial score (nSPS) is 18.4. The van der Waals surface area contributed by atoms with Crippen molar-refractivity contribution in [1.82, 2.24) is 14.9 Å². The number of carbonyl (C=O) groups is 3. The van der Waals surface area contributed by atoms with Crippen molar-refractivity contribution in [3.05, 3.63) is 95.6 Å². The number of ether oxygens (including phenoxy) is 1. The van der Waals surface area contributed by atoms with Gasteiger partial charge in [-0.1, -0.05) is 60.2 Å². The number of piperidine rings is 1. The van der Waals surface area contributed by atoms with Crippen molar-refractivity contribution in [3.63, 3.8) is 0 Å². The lowest BCUT2D eigenvalue weighted by molar-refractivity contribution is -0.144. The fraction of sp³-hybridized carbons (Fsp3) is 0.417. The average molecular weight is 693 g/mol. The minimum atomic E-state index is -3.98.